The molecule has 0 radical (unpaired) electrons. The number of rotatable bonds is 4. The molecule has 0 saturated heterocycles. The molecule has 1 N–H and O–H groups in total. The van der Waals surface area contributed by atoms with Crippen molar-refractivity contribution in [3.05, 3.63) is 5.57 Å². The molecule has 21 heavy (non-hydrogen) atoms. The molecule has 0 fully saturated rings. The van der Waals surface area contributed by atoms with E-state index in [0.29, 0.717) is 42.7 Å². The van der Waals surface area contributed by atoms with Crippen molar-refractivity contribution in [1.82, 2.24) is 0 Å². The lowest BCUT2D eigenvalue weighted by Crippen LogP contribution is -2.17. The van der Waals surface area contributed by atoms with Gasteiger partial charge in [-0.05, 0) is 31.6 Å². The summed E-state index contributed by atoms with van der Waals surface area (Å²) >= 11 is 0. The molecule has 2 aliphatic heterocycles. The highest BCUT2D eigenvalue weighted by molar-refractivity contribution is 6.30. The van der Waals surface area contributed by atoms with Crippen molar-refractivity contribution in [2.45, 2.75) is 37.8 Å². The Kier molecular flexibility index (Phi) is 4.65. The lowest BCUT2D eigenvalue weighted by molar-refractivity contribution is -0.142. The number of hydrogen-bond acceptors (Lipinski definition) is 7. The van der Waals surface area contributed by atoms with Gasteiger partial charge in [0.05, 0.1) is 31.2 Å². The number of carbonyl (C=O) groups excluding carboxylic acids is 2. The van der Waals surface area contributed by atoms with Gasteiger partial charge in [0.2, 0.25) is 0 Å². The van der Waals surface area contributed by atoms with Crippen LogP contribution in [-0.4, -0.2) is 55.5 Å². The van der Waals surface area contributed by atoms with Crippen LogP contribution in [-0.2, 0) is 19.1 Å². The van der Waals surface area contributed by atoms with E-state index in [2.05, 4.69) is 25.3 Å². The number of aliphatic imine (C=N–C) groups is 2. The molecule has 2 atom stereocenters. The lowest BCUT2D eigenvalue weighted by Gasteiger charge is -2.03. The van der Waals surface area contributed by atoms with Crippen molar-refractivity contribution >= 4 is 29.2 Å². The Balaban J connectivity index is 2.17. The number of carbonyl (C=O) groups is 2. The van der Waals surface area contributed by atoms with Crippen LogP contribution in [0.2, 0.25) is 0 Å². The predicted octanol–water partition coefficient (Wildman–Crippen LogP) is 0.714. The summed E-state index contributed by atoms with van der Waals surface area (Å²) < 4.78 is 9.34. The standard InChI is InChI=1S/C14H17N3O4/c1-20-13(18)11-5-3-9(16-11)8(7-15)10-4-6-12(17-10)14(19)21-2/h11-12,15H,3-6H2,1-2H3/t11-,12-/m1/s1. The van der Waals surface area contributed by atoms with Gasteiger partial charge in [-0.2, -0.15) is 0 Å². The minimum atomic E-state index is -0.522. The zero-order chi connectivity index (χ0) is 15.4. The summed E-state index contributed by atoms with van der Waals surface area (Å²) in [5.74, 6) is 1.58. The normalized spacial score (nSPS) is 23.9. The van der Waals surface area contributed by atoms with Crippen molar-refractivity contribution in [3.8, 4) is 0 Å². The van der Waals surface area contributed by atoms with Crippen molar-refractivity contribution in [2.24, 2.45) is 9.98 Å². The molecule has 0 aromatic rings. The van der Waals surface area contributed by atoms with Crippen LogP contribution in [0.25, 0.3) is 0 Å². The molecule has 2 heterocycles. The molecular weight excluding hydrogens is 274 g/mol. The van der Waals surface area contributed by atoms with Crippen LogP contribution in [0.15, 0.2) is 15.6 Å². The summed E-state index contributed by atoms with van der Waals surface area (Å²) in [6.45, 7) is 0. The molecule has 7 nitrogen and oxygen atoms in total. The first-order chi connectivity index (χ1) is 10.1. The summed E-state index contributed by atoms with van der Waals surface area (Å²) in [6.07, 6.45) is 2.26. The maximum atomic E-state index is 11.5. The largest absolute Gasteiger partial charge is 0.467 e. The van der Waals surface area contributed by atoms with E-state index in [1.54, 1.807) is 0 Å². The Hall–Kier alpha value is -2.27. The molecule has 2 aliphatic rings. The fraction of sp³-hybridized carbons (Fsp3) is 0.571. The van der Waals surface area contributed by atoms with E-state index in [1.807, 2.05) is 0 Å². The molecule has 0 unspecified atom stereocenters. The van der Waals surface area contributed by atoms with Crippen molar-refractivity contribution in [2.75, 3.05) is 14.2 Å². The highest BCUT2D eigenvalue weighted by Crippen LogP contribution is 2.24. The number of allylic oxidation sites excluding steroid dienone is 1. The Bertz CT molecular complexity index is 529. The van der Waals surface area contributed by atoms with Crippen LogP contribution in [0.3, 0.4) is 0 Å². The molecule has 0 amide bonds. The van der Waals surface area contributed by atoms with Gasteiger partial charge in [0, 0.05) is 0 Å². The van der Waals surface area contributed by atoms with Gasteiger partial charge in [0.25, 0.3) is 0 Å². The average Bonchev–Trinajstić information content (AvgIpc) is 3.16. The van der Waals surface area contributed by atoms with Gasteiger partial charge >= 0.3 is 11.9 Å². The smallest absolute Gasteiger partial charge is 0.330 e. The molecule has 0 aliphatic carbocycles. The molecule has 0 saturated carbocycles. The second-order valence-electron chi connectivity index (χ2n) is 4.81. The van der Waals surface area contributed by atoms with E-state index in [4.69, 9.17) is 5.41 Å². The first-order valence-electron chi connectivity index (χ1n) is 6.70. The van der Waals surface area contributed by atoms with Crippen LogP contribution in [0, 0.1) is 5.41 Å². The molecule has 0 bridgehead atoms. The molecule has 7 heteroatoms. The van der Waals surface area contributed by atoms with E-state index in [0.717, 1.165) is 0 Å². The highest BCUT2D eigenvalue weighted by atomic mass is 16.5. The summed E-state index contributed by atoms with van der Waals surface area (Å²) in [5, 5.41) is 7.44. The van der Waals surface area contributed by atoms with Crippen molar-refractivity contribution < 1.29 is 19.1 Å². The Labute approximate surface area is 122 Å². The lowest BCUT2D eigenvalue weighted by atomic mass is 10.0. The van der Waals surface area contributed by atoms with E-state index in [1.165, 1.54) is 14.2 Å². The number of hydrogen-bond donors (Lipinski definition) is 1. The fourth-order valence-corrected chi connectivity index (χ4v) is 2.48. The van der Waals surface area contributed by atoms with Crippen molar-refractivity contribution in [3.63, 3.8) is 0 Å². The number of nitrogens with one attached hydrogen (secondary N) is 1. The van der Waals surface area contributed by atoms with Crippen LogP contribution < -0.4 is 0 Å². The summed E-state index contributed by atoms with van der Waals surface area (Å²) in [5.41, 5.74) is 1.74. The van der Waals surface area contributed by atoms with Crippen LogP contribution in [0.1, 0.15) is 25.7 Å². The van der Waals surface area contributed by atoms with Gasteiger partial charge in [0.1, 0.15) is 12.1 Å². The van der Waals surface area contributed by atoms with Crippen LogP contribution in [0.5, 0.6) is 0 Å². The molecule has 112 valence electrons. The maximum absolute atomic E-state index is 11.5. The number of esters is 2. The minimum absolute atomic E-state index is 0.380. The van der Waals surface area contributed by atoms with Gasteiger partial charge in [-0.15, -0.1) is 0 Å². The van der Waals surface area contributed by atoms with Gasteiger partial charge in [-0.1, -0.05) is 0 Å². The second-order valence-corrected chi connectivity index (χ2v) is 4.81. The average molecular weight is 291 g/mol. The van der Waals surface area contributed by atoms with Gasteiger partial charge < -0.3 is 9.47 Å². The number of ether oxygens (including phenoxy) is 2. The van der Waals surface area contributed by atoms with Gasteiger partial charge in [0.15, 0.2) is 0 Å². The SMILES string of the molecule is COC(=O)[C@H]1CCC(C(=C=N)C2=N[C@@H](C(=O)OC)CC2)=N1. The predicted molar refractivity (Wildman–Crippen MR) is 76.2 cm³/mol. The number of nitrogens with zero attached hydrogens (tertiary/aromatic N) is 2. The number of methoxy groups -OCH3 is 2. The van der Waals surface area contributed by atoms with E-state index in [9.17, 15) is 9.59 Å². The maximum Gasteiger partial charge on any atom is 0.330 e. The highest BCUT2D eigenvalue weighted by Gasteiger charge is 2.32. The van der Waals surface area contributed by atoms with Gasteiger partial charge in [-0.3, -0.25) is 15.4 Å². The second kappa shape index (κ2) is 6.45. The topological polar surface area (TPSA) is 101 Å². The Morgan fingerprint density at radius 3 is 1.81 bits per heavy atom. The zero-order valence-corrected chi connectivity index (χ0v) is 12.0. The molecule has 0 aromatic heterocycles. The van der Waals surface area contributed by atoms with E-state index < -0.39 is 12.1 Å². The zero-order valence-electron chi connectivity index (χ0n) is 12.0. The summed E-state index contributed by atoms with van der Waals surface area (Å²) in [4.78, 5) is 31.5. The van der Waals surface area contributed by atoms with Crippen LogP contribution >= 0.6 is 0 Å². The van der Waals surface area contributed by atoms with Crippen LogP contribution in [0.4, 0.5) is 0 Å². The fourth-order valence-electron chi connectivity index (χ4n) is 2.48. The third-order valence-electron chi connectivity index (χ3n) is 3.58. The molecule has 0 spiro atoms. The first-order valence-corrected chi connectivity index (χ1v) is 6.70. The quantitative estimate of drug-likeness (QED) is 0.609. The third-order valence-corrected chi connectivity index (χ3v) is 3.58. The molecule has 0 aromatic carbocycles. The van der Waals surface area contributed by atoms with Crippen molar-refractivity contribution in [1.29, 1.82) is 5.41 Å². The molecular formula is C14H17N3O4. The Morgan fingerprint density at radius 1 is 1.05 bits per heavy atom. The third kappa shape index (κ3) is 3.08. The first kappa shape index (κ1) is 15.1. The molecule has 2 rings (SSSR count). The minimum Gasteiger partial charge on any atom is -0.467 e. The summed E-state index contributed by atoms with van der Waals surface area (Å²) in [7, 11) is 2.65. The monoisotopic (exact) mass is 291 g/mol. The Morgan fingerprint density at radius 2 is 1.48 bits per heavy atom. The van der Waals surface area contributed by atoms with E-state index >= 15 is 0 Å². The van der Waals surface area contributed by atoms with E-state index in [-0.39, 0.29) is 11.9 Å². The summed E-state index contributed by atoms with van der Waals surface area (Å²) in [6, 6.07) is -1.04. The van der Waals surface area contributed by atoms with Gasteiger partial charge in [-0.25, -0.2) is 9.59 Å².